The summed E-state index contributed by atoms with van der Waals surface area (Å²) in [6, 6.07) is 0. The van der Waals surface area contributed by atoms with Gasteiger partial charge in [-0.25, -0.2) is 0 Å². The predicted molar refractivity (Wildman–Crippen MR) is 120 cm³/mol. The molecule has 0 heterocycles. The molecule has 0 aromatic heterocycles. The predicted octanol–water partition coefficient (Wildman–Crippen LogP) is 6.73. The average molecular weight is 402 g/mol. The van der Waals surface area contributed by atoms with Crippen LogP contribution in [0.2, 0.25) is 0 Å². The van der Waals surface area contributed by atoms with Crippen LogP contribution in [0, 0.1) is 41.4 Å². The van der Waals surface area contributed by atoms with Crippen molar-refractivity contribution in [2.45, 2.75) is 110 Å². The first-order valence-corrected chi connectivity index (χ1v) is 12.7. The zero-order valence-electron chi connectivity index (χ0n) is 19.3. The summed E-state index contributed by atoms with van der Waals surface area (Å²) in [6.45, 7) is 12.0. The second-order valence-electron chi connectivity index (χ2n) is 11.4. The Morgan fingerprint density at radius 1 is 1.10 bits per heavy atom. The first-order chi connectivity index (χ1) is 13.9. The van der Waals surface area contributed by atoms with E-state index in [9.17, 15) is 5.11 Å². The van der Waals surface area contributed by atoms with Gasteiger partial charge in [0.1, 0.15) is 0 Å². The van der Waals surface area contributed by atoms with Crippen LogP contribution >= 0.6 is 0 Å². The summed E-state index contributed by atoms with van der Waals surface area (Å²) in [5, 5.41) is 10.4. The van der Waals surface area contributed by atoms with E-state index in [1.807, 2.05) is 6.92 Å². The Morgan fingerprint density at radius 3 is 2.69 bits per heavy atom. The van der Waals surface area contributed by atoms with Crippen LogP contribution in [0.5, 0.6) is 0 Å². The molecule has 1 N–H and O–H groups in total. The third-order valence-corrected chi connectivity index (χ3v) is 9.96. The fourth-order valence-electron chi connectivity index (χ4n) is 8.31. The van der Waals surface area contributed by atoms with Crippen LogP contribution in [0.4, 0.5) is 0 Å². The van der Waals surface area contributed by atoms with Crippen molar-refractivity contribution in [1.29, 1.82) is 0 Å². The smallest absolute Gasteiger partial charge is 0.0612 e. The molecule has 4 aliphatic carbocycles. The monoisotopic (exact) mass is 401 g/mol. The van der Waals surface area contributed by atoms with Gasteiger partial charge in [-0.05, 0) is 99.2 Å². The summed E-state index contributed by atoms with van der Waals surface area (Å²) in [5.74, 6) is 3.02. The minimum Gasteiger partial charge on any atom is -0.393 e. The highest BCUT2D eigenvalue weighted by atomic mass is 16.5. The molecule has 0 aromatic rings. The van der Waals surface area contributed by atoms with Crippen LogP contribution < -0.4 is 0 Å². The lowest BCUT2D eigenvalue weighted by molar-refractivity contribution is -0.0724. The minimum absolute atomic E-state index is 0.145. The molecule has 0 amide bonds. The van der Waals surface area contributed by atoms with Gasteiger partial charge in [0.25, 0.3) is 0 Å². The maximum absolute atomic E-state index is 10.4. The van der Waals surface area contributed by atoms with Gasteiger partial charge in [0, 0.05) is 6.61 Å². The molecule has 3 saturated carbocycles. The molecule has 29 heavy (non-hydrogen) atoms. The third-order valence-electron chi connectivity index (χ3n) is 9.96. The van der Waals surface area contributed by atoms with Crippen molar-refractivity contribution in [2.24, 2.45) is 34.5 Å². The van der Waals surface area contributed by atoms with E-state index in [2.05, 4.69) is 26.8 Å². The van der Waals surface area contributed by atoms with Gasteiger partial charge in [-0.3, -0.25) is 0 Å². The molecular weight excluding hydrogens is 356 g/mol. The number of hydrogen-bond acceptors (Lipinski definition) is 2. The van der Waals surface area contributed by atoms with E-state index in [-0.39, 0.29) is 6.10 Å². The number of unbranched alkanes of at least 4 members (excludes halogenated alkanes) is 3. The Bertz CT molecular complexity index is 595. The van der Waals surface area contributed by atoms with Gasteiger partial charge < -0.3 is 9.84 Å². The Kier molecular flexibility index (Phi) is 6.53. The van der Waals surface area contributed by atoms with Crippen molar-refractivity contribution < 1.29 is 9.84 Å². The van der Waals surface area contributed by atoms with Gasteiger partial charge in [0.05, 0.1) is 12.2 Å². The molecule has 4 aliphatic rings. The van der Waals surface area contributed by atoms with Crippen LogP contribution in [0.15, 0.2) is 11.6 Å². The Labute approximate surface area is 179 Å². The van der Waals surface area contributed by atoms with E-state index in [1.165, 1.54) is 70.6 Å². The fourth-order valence-corrected chi connectivity index (χ4v) is 8.31. The lowest BCUT2D eigenvalue weighted by atomic mass is 9.47. The topological polar surface area (TPSA) is 29.5 Å². The number of rotatable bonds is 7. The van der Waals surface area contributed by atoms with Gasteiger partial charge in [0.2, 0.25) is 0 Å². The van der Waals surface area contributed by atoms with E-state index >= 15 is 0 Å². The van der Waals surface area contributed by atoms with E-state index in [4.69, 9.17) is 4.74 Å². The molecule has 165 valence electrons. The SMILES string of the molecule is [CH2]CCCCCOC1CC[C@@]2(C)C(=CC[C@H]3[C@@H]4CC[C@H](C(C)O)[C@@]4(C)CC[C@@H]32)C1. The normalized spacial score (nSPS) is 45.1. The Balaban J connectivity index is 1.42. The molecule has 0 bridgehead atoms. The van der Waals surface area contributed by atoms with Crippen molar-refractivity contribution in [3.63, 3.8) is 0 Å². The van der Waals surface area contributed by atoms with Crippen LogP contribution in [0.25, 0.3) is 0 Å². The molecule has 0 spiro atoms. The number of allylic oxidation sites excluding steroid dienone is 1. The zero-order valence-corrected chi connectivity index (χ0v) is 19.3. The number of ether oxygens (including phenoxy) is 1. The highest BCUT2D eigenvalue weighted by Crippen LogP contribution is 2.66. The molecule has 2 unspecified atom stereocenters. The number of fused-ring (bicyclic) bond motifs is 5. The summed E-state index contributed by atoms with van der Waals surface area (Å²) >= 11 is 0. The van der Waals surface area contributed by atoms with E-state index in [0.717, 1.165) is 30.8 Å². The average Bonchev–Trinajstić information content (AvgIpc) is 3.05. The fraction of sp³-hybridized carbons (Fsp3) is 0.889. The molecular formula is C27H45O2. The number of hydrogen-bond donors (Lipinski definition) is 1. The quantitative estimate of drug-likeness (QED) is 0.379. The van der Waals surface area contributed by atoms with Gasteiger partial charge in [-0.15, -0.1) is 0 Å². The molecule has 2 nitrogen and oxygen atoms in total. The minimum atomic E-state index is -0.145. The molecule has 3 fully saturated rings. The molecule has 8 atom stereocenters. The summed E-state index contributed by atoms with van der Waals surface area (Å²) in [5.41, 5.74) is 2.49. The van der Waals surface area contributed by atoms with Crippen LogP contribution in [-0.2, 0) is 4.74 Å². The highest BCUT2D eigenvalue weighted by Gasteiger charge is 2.59. The molecule has 0 aliphatic heterocycles. The summed E-state index contributed by atoms with van der Waals surface area (Å²) in [7, 11) is 0. The van der Waals surface area contributed by atoms with Gasteiger partial charge in [0.15, 0.2) is 0 Å². The molecule has 2 heteroatoms. The van der Waals surface area contributed by atoms with E-state index < -0.39 is 0 Å². The van der Waals surface area contributed by atoms with Gasteiger partial charge in [-0.1, -0.05) is 51.7 Å². The van der Waals surface area contributed by atoms with E-state index in [1.54, 1.807) is 5.57 Å². The standard InChI is InChI=1S/C27H45O2/c1-5-6-7-8-17-29-21-13-15-26(3)20(18-21)9-10-22-24-12-11-23(19(2)28)27(24,4)16-14-25(22)26/h9,19,21-25,28H,1,5-8,10-18H2,2-4H3/t19?,21?,22-,23+,24-,25-,26-,27+/m0/s1. The Hall–Kier alpha value is -0.340. The van der Waals surface area contributed by atoms with Crippen LogP contribution in [-0.4, -0.2) is 23.9 Å². The van der Waals surface area contributed by atoms with E-state index in [0.29, 0.717) is 22.9 Å². The van der Waals surface area contributed by atoms with Crippen molar-refractivity contribution in [1.82, 2.24) is 0 Å². The first kappa shape index (κ1) is 21.9. The third kappa shape index (κ3) is 3.86. The highest BCUT2D eigenvalue weighted by molar-refractivity contribution is 5.25. The first-order valence-electron chi connectivity index (χ1n) is 12.7. The van der Waals surface area contributed by atoms with Crippen LogP contribution in [0.1, 0.15) is 97.8 Å². The number of aliphatic hydroxyl groups excluding tert-OH is 1. The molecule has 1 radical (unpaired) electrons. The second-order valence-corrected chi connectivity index (χ2v) is 11.4. The summed E-state index contributed by atoms with van der Waals surface area (Å²) < 4.78 is 6.30. The lowest BCUT2D eigenvalue weighted by Gasteiger charge is -2.58. The maximum atomic E-state index is 10.4. The lowest BCUT2D eigenvalue weighted by Crippen LogP contribution is -2.51. The van der Waals surface area contributed by atoms with Gasteiger partial charge in [-0.2, -0.15) is 0 Å². The van der Waals surface area contributed by atoms with Gasteiger partial charge >= 0.3 is 0 Å². The largest absolute Gasteiger partial charge is 0.393 e. The van der Waals surface area contributed by atoms with Crippen molar-refractivity contribution in [3.05, 3.63) is 18.6 Å². The molecule has 0 aromatic carbocycles. The molecule has 4 rings (SSSR count). The molecule has 0 saturated heterocycles. The zero-order chi connectivity index (χ0) is 20.6. The maximum Gasteiger partial charge on any atom is 0.0612 e. The number of aliphatic hydroxyl groups is 1. The Morgan fingerprint density at radius 2 is 1.93 bits per heavy atom. The van der Waals surface area contributed by atoms with Crippen molar-refractivity contribution in [2.75, 3.05) is 6.61 Å². The van der Waals surface area contributed by atoms with Crippen molar-refractivity contribution >= 4 is 0 Å². The second kappa shape index (κ2) is 8.65. The summed E-state index contributed by atoms with van der Waals surface area (Å²) in [4.78, 5) is 0. The van der Waals surface area contributed by atoms with Crippen molar-refractivity contribution in [3.8, 4) is 0 Å². The van der Waals surface area contributed by atoms with Crippen LogP contribution in [0.3, 0.4) is 0 Å². The summed E-state index contributed by atoms with van der Waals surface area (Å²) in [6.07, 6.45) is 17.9.